The number of benzene rings is 1. The molecule has 0 saturated heterocycles. The molecule has 0 saturated carbocycles. The van der Waals surface area contributed by atoms with E-state index in [9.17, 15) is 0 Å². The second kappa shape index (κ2) is 6.98. The maximum Gasteiger partial charge on any atom is 0.188 e. The van der Waals surface area contributed by atoms with Gasteiger partial charge in [-0.3, -0.25) is 0 Å². The molecule has 5 heteroatoms. The average molecular weight is 242 g/mol. The van der Waals surface area contributed by atoms with Crippen molar-refractivity contribution in [2.24, 2.45) is 0 Å². The lowest BCUT2D eigenvalue weighted by Gasteiger charge is -2.15. The molecule has 0 aliphatic heterocycles. The molecule has 0 spiro atoms. The van der Waals surface area contributed by atoms with Gasteiger partial charge < -0.3 is 23.7 Å². The maximum absolute atomic E-state index is 5.40. The van der Waals surface area contributed by atoms with Gasteiger partial charge in [-0.2, -0.15) is 0 Å². The molecule has 0 unspecified atom stereocenters. The Balaban J connectivity index is 2.91. The fourth-order valence-corrected chi connectivity index (χ4v) is 1.42. The molecule has 0 amide bonds. The predicted molar refractivity (Wildman–Crippen MR) is 62.7 cm³/mol. The van der Waals surface area contributed by atoms with Crippen LogP contribution in [0.1, 0.15) is 5.56 Å². The van der Waals surface area contributed by atoms with Crippen molar-refractivity contribution in [3.05, 3.63) is 17.7 Å². The van der Waals surface area contributed by atoms with Crippen molar-refractivity contribution < 1.29 is 23.7 Å². The zero-order valence-corrected chi connectivity index (χ0v) is 10.6. The van der Waals surface area contributed by atoms with E-state index < -0.39 is 0 Å². The highest BCUT2D eigenvalue weighted by molar-refractivity contribution is 5.53. The summed E-state index contributed by atoms with van der Waals surface area (Å²) >= 11 is 0. The Hall–Kier alpha value is -1.46. The van der Waals surface area contributed by atoms with Crippen LogP contribution >= 0.6 is 0 Å². The third-order valence-electron chi connectivity index (χ3n) is 2.19. The van der Waals surface area contributed by atoms with Gasteiger partial charge >= 0.3 is 0 Å². The minimum atomic E-state index is 0.175. The molecule has 17 heavy (non-hydrogen) atoms. The summed E-state index contributed by atoms with van der Waals surface area (Å²) in [6.07, 6.45) is 0. The summed E-state index contributed by atoms with van der Waals surface area (Å²) in [7, 11) is 4.72. The first-order chi connectivity index (χ1) is 8.24. The van der Waals surface area contributed by atoms with Gasteiger partial charge in [-0.05, 0) is 19.1 Å². The predicted octanol–water partition coefficient (Wildman–Crippen LogP) is 1.97. The monoisotopic (exact) mass is 242 g/mol. The van der Waals surface area contributed by atoms with Crippen molar-refractivity contribution in [2.75, 3.05) is 34.9 Å². The highest BCUT2D eigenvalue weighted by atomic mass is 16.7. The Morgan fingerprint density at radius 2 is 1.41 bits per heavy atom. The van der Waals surface area contributed by atoms with Gasteiger partial charge in [-0.15, -0.1) is 0 Å². The largest absolute Gasteiger partial charge is 0.492 e. The maximum atomic E-state index is 5.40. The molecule has 0 aliphatic rings. The molecule has 0 bridgehead atoms. The van der Waals surface area contributed by atoms with Gasteiger partial charge in [0.05, 0.1) is 7.11 Å². The van der Waals surface area contributed by atoms with Gasteiger partial charge in [0.25, 0.3) is 0 Å². The first-order valence-corrected chi connectivity index (χ1v) is 5.15. The van der Waals surface area contributed by atoms with Gasteiger partial charge in [0.2, 0.25) is 0 Å². The molecule has 96 valence electrons. The first-order valence-electron chi connectivity index (χ1n) is 5.15. The van der Waals surface area contributed by atoms with Crippen LogP contribution in [-0.4, -0.2) is 34.9 Å². The standard InChI is InChI=1S/C12H18O5/c1-9-10(16-7-13-2)5-6-11(12(9)15-4)17-8-14-3/h5-6H,7-8H2,1-4H3. The molecule has 5 nitrogen and oxygen atoms in total. The van der Waals surface area contributed by atoms with Crippen LogP contribution in [-0.2, 0) is 9.47 Å². The van der Waals surface area contributed by atoms with Gasteiger partial charge in [-0.25, -0.2) is 0 Å². The third-order valence-corrected chi connectivity index (χ3v) is 2.19. The Morgan fingerprint density at radius 3 is 1.94 bits per heavy atom. The van der Waals surface area contributed by atoms with E-state index in [4.69, 9.17) is 23.7 Å². The lowest BCUT2D eigenvalue weighted by Crippen LogP contribution is -2.04. The molecule has 1 aromatic rings. The molecule has 0 atom stereocenters. The highest BCUT2D eigenvalue weighted by Gasteiger charge is 2.12. The minimum Gasteiger partial charge on any atom is -0.492 e. The smallest absolute Gasteiger partial charge is 0.188 e. The molecule has 0 N–H and O–H groups in total. The molecule has 0 heterocycles. The van der Waals surface area contributed by atoms with E-state index in [1.807, 2.05) is 13.0 Å². The Morgan fingerprint density at radius 1 is 0.882 bits per heavy atom. The summed E-state index contributed by atoms with van der Waals surface area (Å²) in [4.78, 5) is 0. The van der Waals surface area contributed by atoms with Crippen LogP contribution in [0.25, 0.3) is 0 Å². The van der Waals surface area contributed by atoms with Crippen LogP contribution in [0.3, 0.4) is 0 Å². The quantitative estimate of drug-likeness (QED) is 0.684. The second-order valence-corrected chi connectivity index (χ2v) is 3.32. The fourth-order valence-electron chi connectivity index (χ4n) is 1.42. The van der Waals surface area contributed by atoms with E-state index in [0.29, 0.717) is 17.2 Å². The number of ether oxygens (including phenoxy) is 5. The van der Waals surface area contributed by atoms with Crippen LogP contribution in [0.4, 0.5) is 0 Å². The number of methoxy groups -OCH3 is 3. The van der Waals surface area contributed by atoms with Crippen molar-refractivity contribution in [3.63, 3.8) is 0 Å². The summed E-state index contributed by atoms with van der Waals surface area (Å²) in [6, 6.07) is 3.58. The fraction of sp³-hybridized carbons (Fsp3) is 0.500. The minimum absolute atomic E-state index is 0.175. The van der Waals surface area contributed by atoms with Crippen LogP contribution in [0.2, 0.25) is 0 Å². The van der Waals surface area contributed by atoms with E-state index in [1.54, 1.807) is 27.4 Å². The normalized spacial score (nSPS) is 10.1. The van der Waals surface area contributed by atoms with E-state index in [0.717, 1.165) is 5.56 Å². The van der Waals surface area contributed by atoms with Crippen molar-refractivity contribution in [2.45, 2.75) is 6.92 Å². The molecular formula is C12H18O5. The van der Waals surface area contributed by atoms with Gasteiger partial charge in [0, 0.05) is 19.8 Å². The van der Waals surface area contributed by atoms with Crippen molar-refractivity contribution in [1.82, 2.24) is 0 Å². The van der Waals surface area contributed by atoms with Crippen molar-refractivity contribution in [1.29, 1.82) is 0 Å². The van der Waals surface area contributed by atoms with E-state index >= 15 is 0 Å². The summed E-state index contributed by atoms with van der Waals surface area (Å²) in [5.74, 6) is 1.96. The van der Waals surface area contributed by atoms with Crippen molar-refractivity contribution in [3.8, 4) is 17.2 Å². The Kier molecular flexibility index (Phi) is 5.59. The average Bonchev–Trinajstić information content (AvgIpc) is 2.35. The van der Waals surface area contributed by atoms with E-state index in [1.165, 1.54) is 0 Å². The van der Waals surface area contributed by atoms with E-state index in [-0.39, 0.29) is 13.6 Å². The first kappa shape index (κ1) is 13.6. The van der Waals surface area contributed by atoms with Crippen molar-refractivity contribution >= 4 is 0 Å². The molecule has 0 radical (unpaired) electrons. The highest BCUT2D eigenvalue weighted by Crippen LogP contribution is 2.36. The van der Waals surface area contributed by atoms with Gasteiger partial charge in [0.1, 0.15) is 5.75 Å². The summed E-state index contributed by atoms with van der Waals surface area (Å²) in [5, 5.41) is 0. The molecular weight excluding hydrogens is 224 g/mol. The summed E-state index contributed by atoms with van der Waals surface area (Å²) in [5.41, 5.74) is 0.859. The zero-order valence-electron chi connectivity index (χ0n) is 10.6. The second-order valence-electron chi connectivity index (χ2n) is 3.32. The van der Waals surface area contributed by atoms with Gasteiger partial charge in [-0.1, -0.05) is 0 Å². The number of hydrogen-bond donors (Lipinski definition) is 0. The summed E-state index contributed by atoms with van der Waals surface area (Å²) < 4.78 is 25.8. The number of hydrogen-bond acceptors (Lipinski definition) is 5. The molecule has 1 rings (SSSR count). The lowest BCUT2D eigenvalue weighted by atomic mass is 10.2. The topological polar surface area (TPSA) is 46.2 Å². The third kappa shape index (κ3) is 3.51. The molecule has 1 aromatic carbocycles. The summed E-state index contributed by atoms with van der Waals surface area (Å²) in [6.45, 7) is 2.26. The van der Waals surface area contributed by atoms with Gasteiger partial charge in [0.15, 0.2) is 25.1 Å². The molecule has 0 aliphatic carbocycles. The number of rotatable bonds is 7. The van der Waals surface area contributed by atoms with Crippen LogP contribution in [0, 0.1) is 6.92 Å². The zero-order chi connectivity index (χ0) is 12.7. The van der Waals surface area contributed by atoms with E-state index in [2.05, 4.69) is 0 Å². The Labute approximate surface area is 101 Å². The Bertz CT molecular complexity index is 351. The lowest BCUT2D eigenvalue weighted by molar-refractivity contribution is 0.0462. The van der Waals surface area contributed by atoms with Crippen LogP contribution in [0.5, 0.6) is 17.2 Å². The SMILES string of the molecule is COCOc1ccc(OCOC)c(OC)c1C. The molecule has 0 fully saturated rings. The van der Waals surface area contributed by atoms with Crippen LogP contribution < -0.4 is 14.2 Å². The van der Waals surface area contributed by atoms with Crippen LogP contribution in [0.15, 0.2) is 12.1 Å². The molecule has 0 aromatic heterocycles.